The lowest BCUT2D eigenvalue weighted by atomic mass is 9.91. The topological polar surface area (TPSA) is 182 Å². The summed E-state index contributed by atoms with van der Waals surface area (Å²) in [6, 6.07) is 22.3. The minimum atomic E-state index is -1.15. The molecular weight excluding hydrogens is 648 g/mol. The summed E-state index contributed by atoms with van der Waals surface area (Å²) in [7, 11) is 0. The highest BCUT2D eigenvalue weighted by molar-refractivity contribution is 5.89. The van der Waals surface area contributed by atoms with E-state index in [4.69, 9.17) is 15.0 Å². The van der Waals surface area contributed by atoms with Crippen LogP contribution in [0.2, 0.25) is 0 Å². The molecule has 3 amide bonds. The van der Waals surface area contributed by atoms with Crippen molar-refractivity contribution in [1.29, 1.82) is 0 Å². The van der Waals surface area contributed by atoms with Gasteiger partial charge in [0.25, 0.3) is 0 Å². The van der Waals surface area contributed by atoms with E-state index in [-0.39, 0.29) is 30.3 Å². The minimum absolute atomic E-state index is 0.0111. The number of carbonyl (C=O) groups is 2. The molecule has 3 aromatic heterocycles. The summed E-state index contributed by atoms with van der Waals surface area (Å²) in [4.78, 5) is 45.6. The van der Waals surface area contributed by atoms with E-state index in [1.54, 1.807) is 42.3 Å². The first-order valence-corrected chi connectivity index (χ1v) is 17.3. The zero-order valence-corrected chi connectivity index (χ0v) is 28.3. The van der Waals surface area contributed by atoms with Gasteiger partial charge in [0, 0.05) is 56.1 Å². The van der Waals surface area contributed by atoms with Crippen molar-refractivity contribution >= 4 is 40.6 Å². The zero-order valence-electron chi connectivity index (χ0n) is 28.3. The summed E-state index contributed by atoms with van der Waals surface area (Å²) in [6.07, 6.45) is 3.80. The monoisotopic (exact) mass is 690 g/mol. The highest BCUT2D eigenvalue weighted by Crippen LogP contribution is 2.35. The van der Waals surface area contributed by atoms with E-state index in [1.165, 1.54) is 0 Å². The molecular formula is C37H42N10O4. The molecule has 51 heavy (non-hydrogen) atoms. The molecule has 264 valence electrons. The van der Waals surface area contributed by atoms with E-state index < -0.39 is 24.3 Å². The lowest BCUT2D eigenvalue weighted by Crippen LogP contribution is -2.42. The number of aromatic nitrogens is 5. The van der Waals surface area contributed by atoms with Gasteiger partial charge in [-0.15, -0.1) is 0 Å². The Morgan fingerprint density at radius 1 is 0.922 bits per heavy atom. The van der Waals surface area contributed by atoms with E-state index in [2.05, 4.69) is 50.5 Å². The van der Waals surface area contributed by atoms with Gasteiger partial charge in [-0.3, -0.25) is 9.78 Å². The first kappa shape index (κ1) is 33.9. The summed E-state index contributed by atoms with van der Waals surface area (Å²) in [6.45, 7) is 3.34. The largest absolute Gasteiger partial charge is 0.388 e. The number of aliphatic hydroxyl groups excluding tert-OH is 2. The Kier molecular flexibility index (Phi) is 10.0. The molecule has 5 aromatic rings. The average Bonchev–Trinajstić information content (AvgIpc) is 3.87. The molecule has 1 saturated carbocycles. The first-order chi connectivity index (χ1) is 24.9. The zero-order chi connectivity index (χ0) is 35.3. The number of urea groups is 1. The van der Waals surface area contributed by atoms with Crippen molar-refractivity contribution in [1.82, 2.24) is 35.1 Å². The second-order valence-corrected chi connectivity index (χ2v) is 13.0. The molecule has 0 spiro atoms. The molecule has 0 radical (unpaired) electrons. The van der Waals surface area contributed by atoms with Crippen LogP contribution in [-0.2, 0) is 4.79 Å². The SMILES string of the molecule is CCC(=O)N[C@H]1C[C@@H](n2cnc3c(NCC(c4ccccc4)c4ccccc4)nc(N4CC[C@@H](NC(=O)Nc5ccncc5)C4)nc32)[C@H](O)[C@@H]1O. The van der Waals surface area contributed by atoms with E-state index in [9.17, 15) is 19.8 Å². The summed E-state index contributed by atoms with van der Waals surface area (Å²) in [5.41, 5.74) is 3.95. The molecule has 0 unspecified atom stereocenters. The van der Waals surface area contributed by atoms with Gasteiger partial charge in [-0.25, -0.2) is 9.78 Å². The number of imidazole rings is 1. The summed E-state index contributed by atoms with van der Waals surface area (Å²) in [5.74, 6) is 0.792. The number of benzene rings is 2. The van der Waals surface area contributed by atoms with E-state index in [0.29, 0.717) is 61.1 Å². The number of fused-ring (bicyclic) bond motifs is 1. The van der Waals surface area contributed by atoms with Crippen LogP contribution in [0.3, 0.4) is 0 Å². The number of carbonyl (C=O) groups excluding carboxylic acids is 2. The van der Waals surface area contributed by atoms with Crippen molar-refractivity contribution in [2.75, 3.05) is 35.2 Å². The predicted octanol–water partition coefficient (Wildman–Crippen LogP) is 3.43. The molecule has 1 saturated heterocycles. The van der Waals surface area contributed by atoms with Gasteiger partial charge >= 0.3 is 6.03 Å². The number of anilines is 3. The van der Waals surface area contributed by atoms with Crippen LogP contribution < -0.4 is 26.2 Å². The molecule has 1 aliphatic heterocycles. The van der Waals surface area contributed by atoms with E-state index >= 15 is 0 Å². The lowest BCUT2D eigenvalue weighted by Gasteiger charge is -2.22. The Balaban J connectivity index is 1.19. The second-order valence-electron chi connectivity index (χ2n) is 13.0. The normalized spacial score (nSPS) is 21.6. The van der Waals surface area contributed by atoms with Gasteiger partial charge in [-0.1, -0.05) is 67.6 Å². The average molecular weight is 691 g/mol. The third-order valence-corrected chi connectivity index (χ3v) is 9.71. The molecule has 4 heterocycles. The molecule has 5 atom stereocenters. The van der Waals surface area contributed by atoms with Crippen molar-refractivity contribution in [2.24, 2.45) is 0 Å². The van der Waals surface area contributed by atoms with Gasteiger partial charge < -0.3 is 40.9 Å². The Morgan fingerprint density at radius 3 is 2.31 bits per heavy atom. The van der Waals surface area contributed by atoms with Crippen molar-refractivity contribution in [3.8, 4) is 0 Å². The van der Waals surface area contributed by atoms with Crippen LogP contribution in [0.5, 0.6) is 0 Å². The fourth-order valence-electron chi connectivity index (χ4n) is 6.99. The van der Waals surface area contributed by atoms with Crippen molar-refractivity contribution in [3.05, 3.63) is 103 Å². The summed E-state index contributed by atoms with van der Waals surface area (Å²) >= 11 is 0. The van der Waals surface area contributed by atoms with Gasteiger partial charge in [0.2, 0.25) is 11.9 Å². The predicted molar refractivity (Wildman–Crippen MR) is 193 cm³/mol. The molecule has 7 rings (SSSR count). The lowest BCUT2D eigenvalue weighted by molar-refractivity contribution is -0.122. The van der Waals surface area contributed by atoms with Crippen LogP contribution in [0.15, 0.2) is 91.5 Å². The van der Waals surface area contributed by atoms with E-state index in [0.717, 1.165) is 11.1 Å². The highest BCUT2D eigenvalue weighted by Gasteiger charge is 2.44. The fraction of sp³-hybridized carbons (Fsp3) is 0.351. The molecule has 2 fully saturated rings. The van der Waals surface area contributed by atoms with Crippen LogP contribution in [0.1, 0.15) is 49.3 Å². The number of pyridine rings is 1. The minimum Gasteiger partial charge on any atom is -0.388 e. The number of rotatable bonds is 11. The number of aliphatic hydroxyl groups is 2. The standard InChI is InChI=1S/C37H42N10O4/c1-2-30(48)43-28-19-29(33(50)32(28)49)47-22-40-31-34(39-20-27(23-9-5-3-6-10-23)24-11-7-4-8-12-24)44-36(45-35(31)47)46-18-15-26(21-46)42-37(51)41-25-13-16-38-17-14-25/h3-14,16-17,22,26-29,32-33,49-50H,2,15,18-21H2,1H3,(H,43,48)(H,39,44,45)(H2,38,41,42,51)/t26-,28+,29-,32-,33+/m1/s1. The number of hydrogen-bond acceptors (Lipinski definition) is 10. The summed E-state index contributed by atoms with van der Waals surface area (Å²) in [5, 5.41) is 34.4. The number of nitrogens with one attached hydrogen (secondary N) is 4. The Morgan fingerprint density at radius 2 is 1.63 bits per heavy atom. The molecule has 2 aliphatic rings. The smallest absolute Gasteiger partial charge is 0.319 e. The quantitative estimate of drug-likeness (QED) is 0.120. The van der Waals surface area contributed by atoms with Gasteiger partial charge in [0.15, 0.2) is 17.0 Å². The fourth-order valence-corrected chi connectivity index (χ4v) is 6.99. The van der Waals surface area contributed by atoms with Crippen molar-refractivity contribution < 1.29 is 19.8 Å². The van der Waals surface area contributed by atoms with Crippen molar-refractivity contribution in [2.45, 2.75) is 62.4 Å². The van der Waals surface area contributed by atoms with Crippen LogP contribution >= 0.6 is 0 Å². The third-order valence-electron chi connectivity index (χ3n) is 9.71. The maximum Gasteiger partial charge on any atom is 0.319 e. The van der Waals surface area contributed by atoms with Crippen LogP contribution in [0.25, 0.3) is 11.2 Å². The molecule has 1 aliphatic carbocycles. The van der Waals surface area contributed by atoms with Gasteiger partial charge in [0.05, 0.1) is 18.4 Å². The number of hydrogen-bond donors (Lipinski definition) is 6. The van der Waals surface area contributed by atoms with E-state index in [1.807, 2.05) is 41.3 Å². The maximum atomic E-state index is 12.8. The summed E-state index contributed by atoms with van der Waals surface area (Å²) < 4.78 is 1.78. The molecule has 14 heteroatoms. The molecule has 6 N–H and O–H groups in total. The molecule has 2 aromatic carbocycles. The number of nitrogens with zero attached hydrogens (tertiary/aromatic N) is 6. The Hall–Kier alpha value is -5.60. The van der Waals surface area contributed by atoms with Gasteiger partial charge in [-0.05, 0) is 36.1 Å². The van der Waals surface area contributed by atoms with Crippen LogP contribution in [0.4, 0.5) is 22.2 Å². The van der Waals surface area contributed by atoms with Crippen LogP contribution in [0, 0.1) is 0 Å². The maximum absolute atomic E-state index is 12.8. The van der Waals surface area contributed by atoms with Crippen molar-refractivity contribution in [3.63, 3.8) is 0 Å². The van der Waals surface area contributed by atoms with Gasteiger partial charge in [0.1, 0.15) is 12.2 Å². The Bertz CT molecular complexity index is 1910. The first-order valence-electron chi connectivity index (χ1n) is 17.3. The van der Waals surface area contributed by atoms with Gasteiger partial charge in [-0.2, -0.15) is 9.97 Å². The number of amides is 3. The third kappa shape index (κ3) is 7.47. The molecule has 14 nitrogen and oxygen atoms in total. The molecule has 0 bridgehead atoms. The van der Waals surface area contributed by atoms with Crippen LogP contribution in [-0.4, -0.2) is 90.6 Å². The highest BCUT2D eigenvalue weighted by atomic mass is 16.3. The Labute approximate surface area is 295 Å². The second kappa shape index (κ2) is 15.1.